The summed E-state index contributed by atoms with van der Waals surface area (Å²) in [5, 5.41) is 3.26. The maximum absolute atomic E-state index is 12.4. The number of methoxy groups -OCH3 is 1. The van der Waals surface area contributed by atoms with Gasteiger partial charge in [0.05, 0.1) is 25.0 Å². The molecule has 1 aliphatic rings. The van der Waals surface area contributed by atoms with Crippen LogP contribution in [-0.2, 0) is 14.8 Å². The number of sulfonamides is 1. The molecule has 0 aromatic heterocycles. The van der Waals surface area contributed by atoms with Gasteiger partial charge in [0.1, 0.15) is 5.75 Å². The van der Waals surface area contributed by atoms with Crippen LogP contribution in [0.2, 0.25) is 5.02 Å². The minimum atomic E-state index is -3.28. The second kappa shape index (κ2) is 6.85. The van der Waals surface area contributed by atoms with Gasteiger partial charge in [-0.3, -0.25) is 4.79 Å². The van der Waals surface area contributed by atoms with Crippen LogP contribution in [0.1, 0.15) is 12.8 Å². The fraction of sp³-hybridized carbons (Fsp3) is 0.500. The highest BCUT2D eigenvalue weighted by Gasteiger charge is 2.30. The van der Waals surface area contributed by atoms with E-state index >= 15 is 0 Å². The van der Waals surface area contributed by atoms with Gasteiger partial charge in [-0.25, -0.2) is 12.7 Å². The average molecular weight is 347 g/mol. The summed E-state index contributed by atoms with van der Waals surface area (Å²) in [5.41, 5.74) is 0.483. The summed E-state index contributed by atoms with van der Waals surface area (Å²) in [6, 6.07) is 4.94. The molecule has 1 aromatic carbocycles. The van der Waals surface area contributed by atoms with Gasteiger partial charge in [0.2, 0.25) is 15.9 Å². The van der Waals surface area contributed by atoms with Crippen molar-refractivity contribution in [3.8, 4) is 5.75 Å². The molecule has 2 rings (SSSR count). The van der Waals surface area contributed by atoms with Gasteiger partial charge < -0.3 is 10.1 Å². The number of rotatable bonds is 4. The molecule has 1 atom stereocenters. The topological polar surface area (TPSA) is 75.7 Å². The number of halogens is 1. The summed E-state index contributed by atoms with van der Waals surface area (Å²) in [4.78, 5) is 12.4. The van der Waals surface area contributed by atoms with E-state index in [1.165, 1.54) is 11.4 Å². The van der Waals surface area contributed by atoms with Crippen LogP contribution >= 0.6 is 11.6 Å². The summed E-state index contributed by atoms with van der Waals surface area (Å²) < 4.78 is 29.8. The zero-order chi connectivity index (χ0) is 16.3. The number of amides is 1. The Morgan fingerprint density at radius 1 is 1.45 bits per heavy atom. The SMILES string of the molecule is COc1ccc(Cl)cc1NC(=O)[C@@H]1CCCN(S(C)(=O)=O)C1. The van der Waals surface area contributed by atoms with Crippen molar-refractivity contribution < 1.29 is 17.9 Å². The van der Waals surface area contributed by atoms with Gasteiger partial charge in [-0.1, -0.05) is 11.6 Å². The molecule has 0 bridgehead atoms. The number of piperidine rings is 1. The molecule has 0 spiro atoms. The molecule has 0 radical (unpaired) electrons. The predicted molar refractivity (Wildman–Crippen MR) is 85.8 cm³/mol. The summed E-state index contributed by atoms with van der Waals surface area (Å²) in [5.74, 6) is -0.102. The Labute approximate surface area is 135 Å². The molecule has 1 heterocycles. The molecule has 22 heavy (non-hydrogen) atoms. The Morgan fingerprint density at radius 3 is 2.82 bits per heavy atom. The zero-order valence-corrected chi connectivity index (χ0v) is 14.1. The molecular weight excluding hydrogens is 328 g/mol. The van der Waals surface area contributed by atoms with E-state index in [0.29, 0.717) is 35.8 Å². The molecule has 122 valence electrons. The van der Waals surface area contributed by atoms with E-state index in [0.717, 1.165) is 6.26 Å². The molecule has 1 amide bonds. The van der Waals surface area contributed by atoms with E-state index in [-0.39, 0.29) is 18.4 Å². The normalized spacial score (nSPS) is 19.7. The van der Waals surface area contributed by atoms with Gasteiger partial charge in [-0.15, -0.1) is 0 Å². The summed E-state index contributed by atoms with van der Waals surface area (Å²) in [7, 11) is -1.77. The van der Waals surface area contributed by atoms with Crippen LogP contribution in [0.4, 0.5) is 5.69 Å². The number of carbonyl (C=O) groups is 1. The van der Waals surface area contributed by atoms with Crippen LogP contribution < -0.4 is 10.1 Å². The largest absolute Gasteiger partial charge is 0.495 e. The van der Waals surface area contributed by atoms with Crippen molar-refractivity contribution in [2.24, 2.45) is 5.92 Å². The number of anilines is 1. The second-order valence-corrected chi connectivity index (χ2v) is 7.71. The van der Waals surface area contributed by atoms with Crippen molar-refractivity contribution in [3.63, 3.8) is 0 Å². The molecule has 1 aliphatic heterocycles. The molecule has 1 aromatic rings. The number of ether oxygens (including phenoxy) is 1. The predicted octanol–water partition coefficient (Wildman–Crippen LogP) is 1.96. The lowest BCUT2D eigenvalue weighted by atomic mass is 9.98. The van der Waals surface area contributed by atoms with E-state index in [9.17, 15) is 13.2 Å². The minimum absolute atomic E-state index is 0.202. The lowest BCUT2D eigenvalue weighted by molar-refractivity contribution is -0.120. The van der Waals surface area contributed by atoms with E-state index < -0.39 is 10.0 Å². The second-order valence-electron chi connectivity index (χ2n) is 5.29. The molecule has 1 N–H and O–H groups in total. The highest BCUT2D eigenvalue weighted by Crippen LogP contribution is 2.29. The van der Waals surface area contributed by atoms with Gasteiger partial charge in [0.25, 0.3) is 0 Å². The molecule has 0 saturated carbocycles. The number of hydrogen-bond donors (Lipinski definition) is 1. The number of nitrogens with one attached hydrogen (secondary N) is 1. The quantitative estimate of drug-likeness (QED) is 0.904. The van der Waals surface area contributed by atoms with Gasteiger partial charge in [-0.2, -0.15) is 0 Å². The van der Waals surface area contributed by atoms with Crippen molar-refractivity contribution >= 4 is 33.2 Å². The van der Waals surface area contributed by atoms with Crippen molar-refractivity contribution in [1.29, 1.82) is 0 Å². The summed E-state index contributed by atoms with van der Waals surface area (Å²) in [6.45, 7) is 0.663. The van der Waals surface area contributed by atoms with Gasteiger partial charge in [-0.05, 0) is 31.0 Å². The Bertz CT molecular complexity index is 663. The Morgan fingerprint density at radius 2 is 2.18 bits per heavy atom. The molecule has 8 heteroatoms. The lowest BCUT2D eigenvalue weighted by Gasteiger charge is -2.30. The van der Waals surface area contributed by atoms with Crippen LogP contribution in [0.15, 0.2) is 18.2 Å². The maximum Gasteiger partial charge on any atom is 0.228 e. The van der Waals surface area contributed by atoms with Crippen LogP contribution in [0.25, 0.3) is 0 Å². The number of nitrogens with zero attached hydrogens (tertiary/aromatic N) is 1. The molecule has 6 nitrogen and oxygen atoms in total. The Balaban J connectivity index is 2.11. The number of carbonyl (C=O) groups excluding carboxylic acids is 1. The van der Waals surface area contributed by atoms with Crippen LogP contribution in [0.5, 0.6) is 5.75 Å². The molecule has 1 fully saturated rings. The summed E-state index contributed by atoms with van der Waals surface area (Å²) >= 11 is 5.93. The fourth-order valence-corrected chi connectivity index (χ4v) is 3.55. The van der Waals surface area contributed by atoms with Crippen LogP contribution in [-0.4, -0.2) is 45.1 Å². The van der Waals surface area contributed by atoms with Crippen molar-refractivity contribution in [2.75, 3.05) is 31.8 Å². The van der Waals surface area contributed by atoms with Crippen molar-refractivity contribution in [3.05, 3.63) is 23.2 Å². The maximum atomic E-state index is 12.4. The molecule has 1 saturated heterocycles. The Hall–Kier alpha value is -1.31. The third-order valence-electron chi connectivity index (χ3n) is 3.64. The van der Waals surface area contributed by atoms with Crippen LogP contribution in [0.3, 0.4) is 0 Å². The van der Waals surface area contributed by atoms with Crippen molar-refractivity contribution in [1.82, 2.24) is 4.31 Å². The van der Waals surface area contributed by atoms with Gasteiger partial charge >= 0.3 is 0 Å². The third-order valence-corrected chi connectivity index (χ3v) is 5.15. The molecule has 0 unspecified atom stereocenters. The first kappa shape index (κ1) is 17.1. The Kier molecular flexibility index (Phi) is 5.31. The van der Waals surface area contributed by atoms with Gasteiger partial charge in [0.15, 0.2) is 0 Å². The van der Waals surface area contributed by atoms with E-state index in [2.05, 4.69) is 5.32 Å². The van der Waals surface area contributed by atoms with E-state index in [4.69, 9.17) is 16.3 Å². The summed E-state index contributed by atoms with van der Waals surface area (Å²) in [6.07, 6.45) is 2.48. The fourth-order valence-electron chi connectivity index (χ4n) is 2.47. The standard InChI is InChI=1S/C14H19ClN2O4S/c1-21-13-6-5-11(15)8-12(13)16-14(18)10-4-3-7-17(9-10)22(2,19)20/h5-6,8,10H,3-4,7,9H2,1-2H3,(H,16,18)/t10-/m1/s1. The van der Waals surface area contributed by atoms with E-state index in [1.807, 2.05) is 0 Å². The first-order valence-corrected chi connectivity index (χ1v) is 9.13. The lowest BCUT2D eigenvalue weighted by Crippen LogP contribution is -2.43. The number of hydrogen-bond acceptors (Lipinski definition) is 4. The smallest absolute Gasteiger partial charge is 0.228 e. The molecule has 0 aliphatic carbocycles. The van der Waals surface area contributed by atoms with Crippen molar-refractivity contribution in [2.45, 2.75) is 12.8 Å². The average Bonchev–Trinajstić information content (AvgIpc) is 2.47. The zero-order valence-electron chi connectivity index (χ0n) is 12.5. The van der Waals surface area contributed by atoms with Crippen LogP contribution in [0, 0.1) is 5.92 Å². The minimum Gasteiger partial charge on any atom is -0.495 e. The number of benzene rings is 1. The molecular formula is C14H19ClN2O4S. The highest BCUT2D eigenvalue weighted by molar-refractivity contribution is 7.88. The van der Waals surface area contributed by atoms with E-state index in [1.54, 1.807) is 18.2 Å². The first-order valence-electron chi connectivity index (χ1n) is 6.91. The van der Waals surface area contributed by atoms with Gasteiger partial charge in [0, 0.05) is 18.1 Å². The highest BCUT2D eigenvalue weighted by atomic mass is 35.5. The first-order chi connectivity index (χ1) is 10.3. The third kappa shape index (κ3) is 4.12. The monoisotopic (exact) mass is 346 g/mol.